The highest BCUT2D eigenvalue weighted by molar-refractivity contribution is 7.92. The standard InChI is InChI=1S/C20H22N2O4S/c1-22(2)20(24)15-8-6-7-14(11-15)19(23)21-16-12-18(13-16)27(25,26)17-9-4-3-5-10-17/h3-11,16,18H,12-13H2,1-2H3,(H,21,23). The molecule has 142 valence electrons. The van der Waals surface area contributed by atoms with E-state index in [4.69, 9.17) is 0 Å². The van der Waals surface area contributed by atoms with Gasteiger partial charge in [-0.15, -0.1) is 0 Å². The molecule has 0 aliphatic heterocycles. The van der Waals surface area contributed by atoms with Gasteiger partial charge < -0.3 is 10.2 Å². The van der Waals surface area contributed by atoms with Crippen LogP contribution in [0.5, 0.6) is 0 Å². The van der Waals surface area contributed by atoms with E-state index < -0.39 is 15.1 Å². The first-order chi connectivity index (χ1) is 12.8. The summed E-state index contributed by atoms with van der Waals surface area (Å²) in [4.78, 5) is 26.2. The molecule has 0 atom stereocenters. The van der Waals surface area contributed by atoms with Gasteiger partial charge in [-0.2, -0.15) is 0 Å². The second kappa shape index (κ2) is 7.52. The van der Waals surface area contributed by atoms with Gasteiger partial charge in [0.05, 0.1) is 10.1 Å². The van der Waals surface area contributed by atoms with E-state index in [1.54, 1.807) is 68.7 Å². The molecule has 1 saturated carbocycles. The molecule has 2 aromatic rings. The maximum absolute atomic E-state index is 12.5. The second-order valence-corrected chi connectivity index (χ2v) is 9.13. The third-order valence-electron chi connectivity index (χ3n) is 4.72. The number of nitrogens with zero attached hydrogens (tertiary/aromatic N) is 1. The van der Waals surface area contributed by atoms with Crippen LogP contribution in [-0.2, 0) is 9.84 Å². The average molecular weight is 386 g/mol. The van der Waals surface area contributed by atoms with Gasteiger partial charge in [0, 0.05) is 31.3 Å². The van der Waals surface area contributed by atoms with Crippen LogP contribution in [0.1, 0.15) is 33.6 Å². The highest BCUT2D eigenvalue weighted by Gasteiger charge is 2.40. The maximum Gasteiger partial charge on any atom is 0.253 e. The molecular formula is C20H22N2O4S. The molecule has 1 aliphatic carbocycles. The van der Waals surface area contributed by atoms with Crippen LogP contribution in [-0.4, -0.2) is 50.5 Å². The van der Waals surface area contributed by atoms with Gasteiger partial charge in [0.1, 0.15) is 0 Å². The molecule has 0 radical (unpaired) electrons. The van der Waals surface area contributed by atoms with Crippen molar-refractivity contribution < 1.29 is 18.0 Å². The largest absolute Gasteiger partial charge is 0.349 e. The van der Waals surface area contributed by atoms with Crippen molar-refractivity contribution in [1.29, 1.82) is 0 Å². The van der Waals surface area contributed by atoms with E-state index in [1.165, 1.54) is 4.90 Å². The lowest BCUT2D eigenvalue weighted by molar-refractivity contribution is 0.0827. The van der Waals surface area contributed by atoms with Crippen molar-refractivity contribution in [2.75, 3.05) is 14.1 Å². The second-order valence-electron chi connectivity index (χ2n) is 6.90. The number of rotatable bonds is 5. The molecular weight excluding hydrogens is 364 g/mol. The Morgan fingerprint density at radius 3 is 2.22 bits per heavy atom. The zero-order valence-electron chi connectivity index (χ0n) is 15.3. The Labute approximate surface area is 159 Å². The molecule has 1 N–H and O–H groups in total. The van der Waals surface area contributed by atoms with Crippen molar-refractivity contribution in [1.82, 2.24) is 10.2 Å². The van der Waals surface area contributed by atoms with Crippen molar-refractivity contribution in [3.8, 4) is 0 Å². The van der Waals surface area contributed by atoms with Crippen molar-refractivity contribution in [2.24, 2.45) is 0 Å². The number of carbonyl (C=O) groups is 2. The fourth-order valence-electron chi connectivity index (χ4n) is 3.06. The predicted molar refractivity (Wildman–Crippen MR) is 102 cm³/mol. The average Bonchev–Trinajstić information content (AvgIpc) is 2.64. The molecule has 0 spiro atoms. The van der Waals surface area contributed by atoms with E-state index in [1.807, 2.05) is 0 Å². The smallest absolute Gasteiger partial charge is 0.253 e. The van der Waals surface area contributed by atoms with Gasteiger partial charge in [0.25, 0.3) is 11.8 Å². The van der Waals surface area contributed by atoms with E-state index in [9.17, 15) is 18.0 Å². The molecule has 0 saturated heterocycles. The lowest BCUT2D eigenvalue weighted by Gasteiger charge is -2.35. The van der Waals surface area contributed by atoms with Gasteiger partial charge in [-0.25, -0.2) is 8.42 Å². The van der Waals surface area contributed by atoms with Gasteiger partial charge in [-0.1, -0.05) is 24.3 Å². The predicted octanol–water partition coefficient (Wildman–Crippen LogP) is 2.12. The number of hydrogen-bond acceptors (Lipinski definition) is 4. The number of amides is 2. The third-order valence-corrected chi connectivity index (χ3v) is 6.91. The summed E-state index contributed by atoms with van der Waals surface area (Å²) < 4.78 is 25.1. The first-order valence-electron chi connectivity index (χ1n) is 8.70. The molecule has 1 aliphatic rings. The minimum absolute atomic E-state index is 0.178. The highest BCUT2D eigenvalue weighted by Crippen LogP contribution is 2.31. The van der Waals surface area contributed by atoms with E-state index in [0.717, 1.165) is 0 Å². The number of sulfone groups is 1. The molecule has 6 nitrogen and oxygen atoms in total. The van der Waals surface area contributed by atoms with Crippen LogP contribution < -0.4 is 5.32 Å². The third kappa shape index (κ3) is 4.03. The molecule has 0 unspecified atom stereocenters. The summed E-state index contributed by atoms with van der Waals surface area (Å²) in [5, 5.41) is 2.37. The van der Waals surface area contributed by atoms with E-state index in [2.05, 4.69) is 5.32 Å². The summed E-state index contributed by atoms with van der Waals surface area (Å²) in [6.45, 7) is 0. The van der Waals surface area contributed by atoms with E-state index >= 15 is 0 Å². The summed E-state index contributed by atoms with van der Waals surface area (Å²) in [6, 6.07) is 14.7. The van der Waals surface area contributed by atoms with E-state index in [0.29, 0.717) is 28.9 Å². The molecule has 0 bridgehead atoms. The minimum Gasteiger partial charge on any atom is -0.349 e. The number of benzene rings is 2. The molecule has 0 aromatic heterocycles. The fourth-order valence-corrected chi connectivity index (χ4v) is 4.95. The topological polar surface area (TPSA) is 83.6 Å². The van der Waals surface area contributed by atoms with Crippen molar-refractivity contribution >= 4 is 21.7 Å². The molecule has 27 heavy (non-hydrogen) atoms. The van der Waals surface area contributed by atoms with Gasteiger partial charge in [0.15, 0.2) is 9.84 Å². The van der Waals surface area contributed by atoms with Gasteiger partial charge >= 0.3 is 0 Å². The monoisotopic (exact) mass is 386 g/mol. The Morgan fingerprint density at radius 1 is 0.963 bits per heavy atom. The lowest BCUT2D eigenvalue weighted by Crippen LogP contribution is -2.49. The first-order valence-corrected chi connectivity index (χ1v) is 10.2. The van der Waals surface area contributed by atoms with Crippen LogP contribution in [0.4, 0.5) is 0 Å². The Balaban J connectivity index is 1.61. The van der Waals surface area contributed by atoms with E-state index in [-0.39, 0.29) is 17.9 Å². The number of carbonyl (C=O) groups excluding carboxylic acids is 2. The molecule has 1 fully saturated rings. The van der Waals surface area contributed by atoms with Crippen molar-refractivity contribution in [3.63, 3.8) is 0 Å². The molecule has 2 aromatic carbocycles. The van der Waals surface area contributed by atoms with Crippen LogP contribution in [0.3, 0.4) is 0 Å². The van der Waals surface area contributed by atoms with Crippen LogP contribution in [0.2, 0.25) is 0 Å². The Morgan fingerprint density at radius 2 is 1.59 bits per heavy atom. The fraction of sp³-hybridized carbons (Fsp3) is 0.300. The number of nitrogens with one attached hydrogen (secondary N) is 1. The molecule has 7 heteroatoms. The first kappa shape index (κ1) is 19.1. The normalized spacial score (nSPS) is 19.0. The summed E-state index contributed by atoms with van der Waals surface area (Å²) >= 11 is 0. The van der Waals surface area contributed by atoms with Crippen LogP contribution in [0.15, 0.2) is 59.5 Å². The lowest BCUT2D eigenvalue weighted by atomic mass is 9.92. The Kier molecular flexibility index (Phi) is 5.32. The van der Waals surface area contributed by atoms with Crippen molar-refractivity contribution in [2.45, 2.75) is 29.0 Å². The van der Waals surface area contributed by atoms with Crippen LogP contribution >= 0.6 is 0 Å². The van der Waals surface area contributed by atoms with Crippen LogP contribution in [0, 0.1) is 0 Å². The quantitative estimate of drug-likeness (QED) is 0.853. The Bertz CT molecular complexity index is 949. The highest BCUT2D eigenvalue weighted by atomic mass is 32.2. The molecule has 2 amide bonds. The number of hydrogen-bond donors (Lipinski definition) is 1. The summed E-state index contributed by atoms with van der Waals surface area (Å²) in [7, 11) is -0.0654. The Hall–Kier alpha value is -2.67. The minimum atomic E-state index is -3.36. The maximum atomic E-state index is 12.5. The molecule has 3 rings (SSSR count). The SMILES string of the molecule is CN(C)C(=O)c1cccc(C(=O)NC2CC(S(=O)(=O)c3ccccc3)C2)c1. The zero-order chi connectivity index (χ0) is 19.6. The van der Waals surface area contributed by atoms with Gasteiger partial charge in [-0.3, -0.25) is 9.59 Å². The van der Waals surface area contributed by atoms with Gasteiger partial charge in [0.2, 0.25) is 0 Å². The van der Waals surface area contributed by atoms with Crippen LogP contribution in [0.25, 0.3) is 0 Å². The van der Waals surface area contributed by atoms with Crippen molar-refractivity contribution in [3.05, 3.63) is 65.7 Å². The van der Waals surface area contributed by atoms with Gasteiger partial charge in [-0.05, 0) is 43.2 Å². The summed E-state index contributed by atoms with van der Waals surface area (Å²) in [6.07, 6.45) is 0.776. The zero-order valence-corrected chi connectivity index (χ0v) is 16.1. The summed E-state index contributed by atoms with van der Waals surface area (Å²) in [5.74, 6) is -0.480. The summed E-state index contributed by atoms with van der Waals surface area (Å²) in [5.41, 5.74) is 0.822. The molecule has 0 heterocycles.